The molecule has 2 aromatic carbocycles. The van der Waals surface area contributed by atoms with E-state index in [1.807, 2.05) is 55.6 Å². The second-order valence-electron chi connectivity index (χ2n) is 4.89. The van der Waals surface area contributed by atoms with Crippen molar-refractivity contribution in [2.24, 2.45) is 0 Å². The zero-order valence-electron chi connectivity index (χ0n) is 12.0. The topological polar surface area (TPSA) is 58.2 Å². The van der Waals surface area contributed by atoms with Gasteiger partial charge in [-0.1, -0.05) is 42.5 Å². The highest BCUT2D eigenvalue weighted by Crippen LogP contribution is 2.13. The SMILES string of the molecule is CNCc1cccc(NS(=O)(=O)CCc2ccccc2)c1. The number of aryl methyl sites for hydroxylation is 1. The maximum absolute atomic E-state index is 12.1. The Balaban J connectivity index is 1.99. The molecule has 0 aliphatic rings. The highest BCUT2D eigenvalue weighted by Gasteiger charge is 2.10. The molecule has 0 aliphatic carbocycles. The van der Waals surface area contributed by atoms with Crippen molar-refractivity contribution in [3.05, 3.63) is 65.7 Å². The van der Waals surface area contributed by atoms with Gasteiger partial charge in [0.2, 0.25) is 10.0 Å². The third kappa shape index (κ3) is 5.21. The van der Waals surface area contributed by atoms with Crippen molar-refractivity contribution in [2.45, 2.75) is 13.0 Å². The molecule has 2 N–H and O–H groups in total. The number of sulfonamides is 1. The van der Waals surface area contributed by atoms with Crippen LogP contribution in [0.5, 0.6) is 0 Å². The lowest BCUT2D eigenvalue weighted by atomic mass is 10.2. The van der Waals surface area contributed by atoms with E-state index in [4.69, 9.17) is 0 Å². The summed E-state index contributed by atoms with van der Waals surface area (Å²) in [5, 5.41) is 3.04. The van der Waals surface area contributed by atoms with Gasteiger partial charge in [0.05, 0.1) is 5.75 Å². The van der Waals surface area contributed by atoms with Crippen molar-refractivity contribution in [3.63, 3.8) is 0 Å². The fourth-order valence-electron chi connectivity index (χ4n) is 2.08. The fraction of sp³-hybridized carbons (Fsp3) is 0.250. The monoisotopic (exact) mass is 304 g/mol. The first-order valence-corrected chi connectivity index (χ1v) is 8.52. The first-order valence-electron chi connectivity index (χ1n) is 6.87. The normalized spacial score (nSPS) is 11.3. The van der Waals surface area contributed by atoms with Crippen LogP contribution in [0.15, 0.2) is 54.6 Å². The molecular weight excluding hydrogens is 284 g/mol. The Morgan fingerprint density at radius 2 is 1.67 bits per heavy atom. The van der Waals surface area contributed by atoms with E-state index < -0.39 is 10.0 Å². The minimum Gasteiger partial charge on any atom is -0.316 e. The van der Waals surface area contributed by atoms with E-state index in [0.29, 0.717) is 18.7 Å². The Morgan fingerprint density at radius 1 is 0.952 bits per heavy atom. The maximum atomic E-state index is 12.1. The van der Waals surface area contributed by atoms with Gasteiger partial charge in [0.25, 0.3) is 0 Å². The van der Waals surface area contributed by atoms with Crippen LogP contribution in [0, 0.1) is 0 Å². The Hall–Kier alpha value is -1.85. The predicted octanol–water partition coefficient (Wildman–Crippen LogP) is 2.39. The Bertz CT molecular complexity index is 670. The molecule has 0 amide bonds. The summed E-state index contributed by atoms with van der Waals surface area (Å²) in [5.74, 6) is 0.0767. The molecule has 0 saturated heterocycles. The number of benzene rings is 2. The molecular formula is C16H20N2O2S. The summed E-state index contributed by atoms with van der Waals surface area (Å²) >= 11 is 0. The first-order chi connectivity index (χ1) is 10.1. The van der Waals surface area contributed by atoms with Crippen LogP contribution in [0.3, 0.4) is 0 Å². The minimum atomic E-state index is -3.33. The molecule has 2 aromatic rings. The molecule has 0 bridgehead atoms. The summed E-state index contributed by atoms with van der Waals surface area (Å²) in [7, 11) is -1.48. The van der Waals surface area contributed by atoms with E-state index in [2.05, 4.69) is 10.0 Å². The Morgan fingerprint density at radius 3 is 2.38 bits per heavy atom. The van der Waals surface area contributed by atoms with E-state index in [1.165, 1.54) is 0 Å². The number of nitrogens with one attached hydrogen (secondary N) is 2. The first kappa shape index (κ1) is 15.5. The van der Waals surface area contributed by atoms with E-state index >= 15 is 0 Å². The van der Waals surface area contributed by atoms with E-state index in [9.17, 15) is 8.42 Å². The lowest BCUT2D eigenvalue weighted by Crippen LogP contribution is -2.18. The summed E-state index contributed by atoms with van der Waals surface area (Å²) in [6.07, 6.45) is 0.506. The van der Waals surface area contributed by atoms with Crippen LogP contribution >= 0.6 is 0 Å². The second-order valence-corrected chi connectivity index (χ2v) is 6.73. The average molecular weight is 304 g/mol. The Kier molecular flexibility index (Phi) is 5.36. The molecule has 5 heteroatoms. The van der Waals surface area contributed by atoms with Crippen molar-refractivity contribution in [1.82, 2.24) is 5.32 Å². The quantitative estimate of drug-likeness (QED) is 0.826. The maximum Gasteiger partial charge on any atom is 0.233 e. The van der Waals surface area contributed by atoms with Crippen LogP contribution in [0.1, 0.15) is 11.1 Å². The van der Waals surface area contributed by atoms with Crippen molar-refractivity contribution in [3.8, 4) is 0 Å². The van der Waals surface area contributed by atoms with Crippen molar-refractivity contribution in [1.29, 1.82) is 0 Å². The summed E-state index contributed by atoms with van der Waals surface area (Å²) in [4.78, 5) is 0. The molecule has 0 radical (unpaired) electrons. The zero-order valence-corrected chi connectivity index (χ0v) is 12.9. The number of hydrogen-bond donors (Lipinski definition) is 2. The lowest BCUT2D eigenvalue weighted by Gasteiger charge is -2.09. The summed E-state index contributed by atoms with van der Waals surface area (Å²) in [5.41, 5.74) is 2.67. The fourth-order valence-corrected chi connectivity index (χ4v) is 3.17. The molecule has 0 unspecified atom stereocenters. The van der Waals surface area contributed by atoms with Crippen molar-refractivity contribution < 1.29 is 8.42 Å². The number of rotatable bonds is 7. The molecule has 0 saturated carbocycles. The molecule has 0 spiro atoms. The molecule has 2 rings (SSSR count). The van der Waals surface area contributed by atoms with Crippen LogP contribution < -0.4 is 10.0 Å². The number of hydrogen-bond acceptors (Lipinski definition) is 3. The van der Waals surface area contributed by atoms with E-state index in [-0.39, 0.29) is 5.75 Å². The third-order valence-corrected chi connectivity index (χ3v) is 4.37. The van der Waals surface area contributed by atoms with Gasteiger partial charge in [0, 0.05) is 12.2 Å². The second kappa shape index (κ2) is 7.24. The molecule has 0 aromatic heterocycles. The van der Waals surface area contributed by atoms with Crippen molar-refractivity contribution >= 4 is 15.7 Å². The van der Waals surface area contributed by atoms with E-state index in [0.717, 1.165) is 11.1 Å². The molecule has 112 valence electrons. The van der Waals surface area contributed by atoms with Gasteiger partial charge in [-0.3, -0.25) is 4.72 Å². The van der Waals surface area contributed by atoms with Crippen LogP contribution in [0.25, 0.3) is 0 Å². The third-order valence-electron chi connectivity index (χ3n) is 3.08. The van der Waals surface area contributed by atoms with Gasteiger partial charge < -0.3 is 5.32 Å². The largest absolute Gasteiger partial charge is 0.316 e. The van der Waals surface area contributed by atoms with Gasteiger partial charge in [-0.2, -0.15) is 0 Å². The summed E-state index contributed by atoms with van der Waals surface area (Å²) in [6, 6.07) is 17.0. The summed E-state index contributed by atoms with van der Waals surface area (Å²) in [6.45, 7) is 0.708. The average Bonchev–Trinajstić information content (AvgIpc) is 2.47. The van der Waals surface area contributed by atoms with Gasteiger partial charge in [0.1, 0.15) is 0 Å². The predicted molar refractivity (Wildman–Crippen MR) is 86.8 cm³/mol. The van der Waals surface area contributed by atoms with Crippen LogP contribution in [0.4, 0.5) is 5.69 Å². The molecule has 0 heterocycles. The Labute approximate surface area is 126 Å². The lowest BCUT2D eigenvalue weighted by molar-refractivity contribution is 0.600. The molecule has 0 aliphatic heterocycles. The standard InChI is InChI=1S/C16H20N2O2S/c1-17-13-15-8-5-9-16(12-15)18-21(19,20)11-10-14-6-3-2-4-7-14/h2-9,12,17-18H,10-11,13H2,1H3. The van der Waals surface area contributed by atoms with Crippen LogP contribution in [-0.2, 0) is 23.0 Å². The highest BCUT2D eigenvalue weighted by molar-refractivity contribution is 7.92. The smallest absolute Gasteiger partial charge is 0.233 e. The molecule has 0 atom stereocenters. The van der Waals surface area contributed by atoms with Gasteiger partial charge in [-0.25, -0.2) is 8.42 Å². The van der Waals surface area contributed by atoms with E-state index in [1.54, 1.807) is 6.07 Å². The molecule has 0 fully saturated rings. The zero-order chi connectivity index (χ0) is 15.1. The van der Waals surface area contributed by atoms with Crippen LogP contribution in [0.2, 0.25) is 0 Å². The highest BCUT2D eigenvalue weighted by atomic mass is 32.2. The number of anilines is 1. The van der Waals surface area contributed by atoms with Crippen molar-refractivity contribution in [2.75, 3.05) is 17.5 Å². The van der Waals surface area contributed by atoms with Gasteiger partial charge in [-0.15, -0.1) is 0 Å². The molecule has 4 nitrogen and oxygen atoms in total. The minimum absolute atomic E-state index is 0.0767. The van der Waals surface area contributed by atoms with Crippen LogP contribution in [-0.4, -0.2) is 21.2 Å². The summed E-state index contributed by atoms with van der Waals surface area (Å²) < 4.78 is 26.9. The van der Waals surface area contributed by atoms with Gasteiger partial charge in [-0.05, 0) is 36.7 Å². The molecule has 21 heavy (non-hydrogen) atoms. The van der Waals surface area contributed by atoms with Gasteiger partial charge >= 0.3 is 0 Å². The van der Waals surface area contributed by atoms with Gasteiger partial charge in [0.15, 0.2) is 0 Å².